The van der Waals surface area contributed by atoms with E-state index in [4.69, 9.17) is 5.73 Å². The number of carbonyl (C=O) groups is 1. The standard InChI is InChI=1S/C14H17FN4O/c15-12-4-2-1-3-11(12)5-7-17-14(20)13-9-19(8-6-16)10-18-13/h1-4,9-10H,5-8,16H2,(H,17,20). The van der Waals surface area contributed by atoms with E-state index in [0.717, 1.165) is 0 Å². The molecule has 0 aliphatic carbocycles. The number of halogens is 1. The van der Waals surface area contributed by atoms with Crippen molar-refractivity contribution in [2.45, 2.75) is 13.0 Å². The van der Waals surface area contributed by atoms with Crippen LogP contribution in [-0.4, -0.2) is 28.5 Å². The summed E-state index contributed by atoms with van der Waals surface area (Å²) < 4.78 is 15.1. The van der Waals surface area contributed by atoms with Crippen LogP contribution in [-0.2, 0) is 13.0 Å². The van der Waals surface area contributed by atoms with E-state index >= 15 is 0 Å². The summed E-state index contributed by atoms with van der Waals surface area (Å²) in [6.45, 7) is 1.48. The molecule has 20 heavy (non-hydrogen) atoms. The monoisotopic (exact) mass is 276 g/mol. The van der Waals surface area contributed by atoms with E-state index in [1.807, 2.05) is 0 Å². The molecular weight excluding hydrogens is 259 g/mol. The van der Waals surface area contributed by atoms with Gasteiger partial charge in [-0.25, -0.2) is 9.37 Å². The van der Waals surface area contributed by atoms with Gasteiger partial charge in [-0.15, -0.1) is 0 Å². The first-order valence-corrected chi connectivity index (χ1v) is 6.44. The Morgan fingerprint density at radius 1 is 1.40 bits per heavy atom. The van der Waals surface area contributed by atoms with Crippen molar-refractivity contribution in [1.29, 1.82) is 0 Å². The third-order valence-electron chi connectivity index (χ3n) is 2.89. The van der Waals surface area contributed by atoms with Crippen molar-refractivity contribution >= 4 is 5.91 Å². The molecule has 0 radical (unpaired) electrons. The number of nitrogens with zero attached hydrogens (tertiary/aromatic N) is 2. The van der Waals surface area contributed by atoms with E-state index in [1.165, 1.54) is 6.07 Å². The van der Waals surface area contributed by atoms with Gasteiger partial charge in [0.05, 0.1) is 6.33 Å². The zero-order chi connectivity index (χ0) is 14.4. The third kappa shape index (κ3) is 3.64. The summed E-state index contributed by atoms with van der Waals surface area (Å²) in [5.41, 5.74) is 6.34. The Kier molecular flexibility index (Phi) is 4.84. The summed E-state index contributed by atoms with van der Waals surface area (Å²) in [4.78, 5) is 15.8. The first kappa shape index (κ1) is 14.2. The Labute approximate surface area is 116 Å². The third-order valence-corrected chi connectivity index (χ3v) is 2.89. The van der Waals surface area contributed by atoms with Gasteiger partial charge in [-0.05, 0) is 18.1 Å². The van der Waals surface area contributed by atoms with Crippen LogP contribution < -0.4 is 11.1 Å². The Hall–Kier alpha value is -2.21. The summed E-state index contributed by atoms with van der Waals surface area (Å²) in [5.74, 6) is -0.522. The summed E-state index contributed by atoms with van der Waals surface area (Å²) in [6, 6.07) is 6.53. The number of aromatic nitrogens is 2. The number of amides is 1. The Morgan fingerprint density at radius 2 is 2.20 bits per heavy atom. The molecule has 5 nitrogen and oxygen atoms in total. The van der Waals surface area contributed by atoms with E-state index in [2.05, 4.69) is 10.3 Å². The Morgan fingerprint density at radius 3 is 2.95 bits per heavy atom. The maximum Gasteiger partial charge on any atom is 0.271 e. The van der Waals surface area contributed by atoms with Crippen molar-refractivity contribution in [3.05, 3.63) is 53.9 Å². The first-order valence-electron chi connectivity index (χ1n) is 6.44. The molecule has 0 atom stereocenters. The highest BCUT2D eigenvalue weighted by atomic mass is 19.1. The van der Waals surface area contributed by atoms with Crippen molar-refractivity contribution in [3.8, 4) is 0 Å². The van der Waals surface area contributed by atoms with Crippen LogP contribution in [0.5, 0.6) is 0 Å². The molecule has 1 heterocycles. The van der Waals surface area contributed by atoms with Crippen LogP contribution in [0.15, 0.2) is 36.8 Å². The minimum absolute atomic E-state index is 0.256. The fraction of sp³-hybridized carbons (Fsp3) is 0.286. The highest BCUT2D eigenvalue weighted by Gasteiger charge is 2.09. The number of hydrogen-bond donors (Lipinski definition) is 2. The molecule has 0 unspecified atom stereocenters. The predicted molar refractivity (Wildman–Crippen MR) is 73.7 cm³/mol. The number of nitrogens with two attached hydrogens (primary N) is 1. The molecule has 106 valence electrons. The maximum atomic E-state index is 13.4. The van der Waals surface area contributed by atoms with Crippen molar-refractivity contribution in [3.63, 3.8) is 0 Å². The average molecular weight is 276 g/mol. The molecule has 2 rings (SSSR count). The fourth-order valence-electron chi connectivity index (χ4n) is 1.85. The van der Waals surface area contributed by atoms with Crippen molar-refractivity contribution in [1.82, 2.24) is 14.9 Å². The second-order valence-electron chi connectivity index (χ2n) is 4.38. The van der Waals surface area contributed by atoms with Gasteiger partial charge in [0.1, 0.15) is 11.5 Å². The van der Waals surface area contributed by atoms with Crippen LogP contribution >= 0.6 is 0 Å². The number of benzene rings is 1. The van der Waals surface area contributed by atoms with Gasteiger partial charge < -0.3 is 15.6 Å². The number of rotatable bonds is 6. The minimum Gasteiger partial charge on any atom is -0.350 e. The maximum absolute atomic E-state index is 13.4. The number of hydrogen-bond acceptors (Lipinski definition) is 3. The molecule has 0 aliphatic rings. The van der Waals surface area contributed by atoms with Crippen LogP contribution in [0.3, 0.4) is 0 Å². The van der Waals surface area contributed by atoms with Crippen LogP contribution in [0, 0.1) is 5.82 Å². The molecule has 1 amide bonds. The molecule has 1 aromatic heterocycles. The first-order chi connectivity index (χ1) is 9.70. The van der Waals surface area contributed by atoms with Crippen LogP contribution in [0.25, 0.3) is 0 Å². The lowest BCUT2D eigenvalue weighted by molar-refractivity contribution is 0.0949. The molecular formula is C14H17FN4O. The lowest BCUT2D eigenvalue weighted by Crippen LogP contribution is -2.26. The van der Waals surface area contributed by atoms with Crippen LogP contribution in [0.1, 0.15) is 16.1 Å². The van der Waals surface area contributed by atoms with Crippen LogP contribution in [0.4, 0.5) is 4.39 Å². The predicted octanol–water partition coefficient (Wildman–Crippen LogP) is 0.953. The molecule has 0 saturated carbocycles. The van der Waals surface area contributed by atoms with E-state index in [-0.39, 0.29) is 11.7 Å². The molecule has 0 bridgehead atoms. The number of carbonyl (C=O) groups excluding carboxylic acids is 1. The number of nitrogens with one attached hydrogen (secondary N) is 1. The van der Waals surface area contributed by atoms with Gasteiger partial charge in [-0.1, -0.05) is 18.2 Å². The van der Waals surface area contributed by atoms with E-state index in [0.29, 0.717) is 37.3 Å². The van der Waals surface area contributed by atoms with E-state index in [1.54, 1.807) is 35.3 Å². The zero-order valence-electron chi connectivity index (χ0n) is 11.1. The van der Waals surface area contributed by atoms with Gasteiger partial charge in [-0.2, -0.15) is 0 Å². The molecule has 0 spiro atoms. The summed E-state index contributed by atoms with van der Waals surface area (Å²) >= 11 is 0. The average Bonchev–Trinajstić information content (AvgIpc) is 2.90. The molecule has 6 heteroatoms. The van der Waals surface area contributed by atoms with Gasteiger partial charge in [0, 0.05) is 25.8 Å². The second-order valence-corrected chi connectivity index (χ2v) is 4.38. The smallest absolute Gasteiger partial charge is 0.271 e. The van der Waals surface area contributed by atoms with Gasteiger partial charge in [0.15, 0.2) is 0 Å². The van der Waals surface area contributed by atoms with E-state index < -0.39 is 0 Å². The van der Waals surface area contributed by atoms with Gasteiger partial charge in [0.2, 0.25) is 0 Å². The summed E-state index contributed by atoms with van der Waals surface area (Å²) in [5, 5.41) is 2.72. The lowest BCUT2D eigenvalue weighted by atomic mass is 10.1. The molecule has 0 fully saturated rings. The quantitative estimate of drug-likeness (QED) is 0.825. The second kappa shape index (κ2) is 6.81. The van der Waals surface area contributed by atoms with Crippen molar-refractivity contribution in [2.24, 2.45) is 5.73 Å². The largest absolute Gasteiger partial charge is 0.350 e. The van der Waals surface area contributed by atoms with Gasteiger partial charge in [0.25, 0.3) is 5.91 Å². The normalized spacial score (nSPS) is 10.5. The molecule has 0 aliphatic heterocycles. The SMILES string of the molecule is NCCn1cnc(C(=O)NCCc2ccccc2F)c1. The highest BCUT2D eigenvalue weighted by molar-refractivity contribution is 5.91. The molecule has 0 saturated heterocycles. The Balaban J connectivity index is 1.84. The lowest BCUT2D eigenvalue weighted by Gasteiger charge is -2.04. The number of imidazole rings is 1. The zero-order valence-corrected chi connectivity index (χ0v) is 11.1. The van der Waals surface area contributed by atoms with E-state index in [9.17, 15) is 9.18 Å². The van der Waals surface area contributed by atoms with Crippen molar-refractivity contribution in [2.75, 3.05) is 13.1 Å². The van der Waals surface area contributed by atoms with Crippen LogP contribution in [0.2, 0.25) is 0 Å². The van der Waals surface area contributed by atoms with Gasteiger partial charge in [-0.3, -0.25) is 4.79 Å². The highest BCUT2D eigenvalue weighted by Crippen LogP contribution is 2.06. The van der Waals surface area contributed by atoms with Crippen molar-refractivity contribution < 1.29 is 9.18 Å². The Bertz CT molecular complexity index is 582. The molecule has 1 aromatic carbocycles. The fourth-order valence-corrected chi connectivity index (χ4v) is 1.85. The molecule has 3 N–H and O–H groups in total. The summed E-state index contributed by atoms with van der Waals surface area (Å²) in [7, 11) is 0. The topological polar surface area (TPSA) is 72.9 Å². The van der Waals surface area contributed by atoms with Gasteiger partial charge >= 0.3 is 0 Å². The summed E-state index contributed by atoms with van der Waals surface area (Å²) in [6.07, 6.45) is 3.66. The minimum atomic E-state index is -0.267. The molecule has 2 aromatic rings.